The number of halogens is 1. The van der Waals surface area contributed by atoms with E-state index in [4.69, 9.17) is 4.84 Å². The molecule has 5 rings (SSSR count). The topological polar surface area (TPSA) is 49.9 Å². The minimum Gasteiger partial charge on any atom is -0.273 e. The quantitative estimate of drug-likeness (QED) is 0.617. The molecule has 0 spiro atoms. The number of hydrogen-bond acceptors (Lipinski definition) is 4. The Morgan fingerprint density at radius 2 is 1.50 bits per heavy atom. The van der Waals surface area contributed by atoms with Crippen molar-refractivity contribution in [3.63, 3.8) is 0 Å². The van der Waals surface area contributed by atoms with Crippen molar-refractivity contribution in [1.29, 1.82) is 0 Å². The predicted molar refractivity (Wildman–Crippen MR) is 110 cm³/mol. The standard InChI is InChI=1S/C24H19FN2O3/c1-15-7-5-6-10-19(15)26-23(28)20-21(16-11-13-17(25)14-12-16)27(30-22(20)24(26)29)18-8-3-2-4-9-18/h2-14,20-22H,1H3/t20-,21-,22+/m0/s1. The van der Waals surface area contributed by atoms with Crippen LogP contribution >= 0.6 is 0 Å². The number of fused-ring (bicyclic) bond motifs is 1. The van der Waals surface area contributed by atoms with E-state index in [1.807, 2.05) is 49.4 Å². The molecule has 3 aromatic rings. The Morgan fingerprint density at radius 3 is 2.20 bits per heavy atom. The second-order valence-corrected chi connectivity index (χ2v) is 7.51. The van der Waals surface area contributed by atoms with Gasteiger partial charge < -0.3 is 0 Å². The van der Waals surface area contributed by atoms with Crippen molar-refractivity contribution < 1.29 is 18.8 Å². The summed E-state index contributed by atoms with van der Waals surface area (Å²) in [5.41, 5.74) is 2.83. The molecule has 5 nitrogen and oxygen atoms in total. The molecule has 0 saturated carbocycles. The van der Waals surface area contributed by atoms with Crippen molar-refractivity contribution in [3.05, 3.63) is 95.8 Å². The first kappa shape index (κ1) is 18.5. The molecule has 0 radical (unpaired) electrons. The summed E-state index contributed by atoms with van der Waals surface area (Å²) in [5, 5.41) is 1.60. The molecule has 6 heteroatoms. The van der Waals surface area contributed by atoms with Crippen LogP contribution in [-0.4, -0.2) is 17.9 Å². The van der Waals surface area contributed by atoms with Crippen molar-refractivity contribution in [2.24, 2.45) is 5.92 Å². The highest BCUT2D eigenvalue weighted by Gasteiger charge is 2.60. The summed E-state index contributed by atoms with van der Waals surface area (Å²) in [6.45, 7) is 1.86. The van der Waals surface area contributed by atoms with Gasteiger partial charge in [0.15, 0.2) is 6.10 Å². The highest BCUT2D eigenvalue weighted by atomic mass is 19.1. The molecule has 0 aliphatic carbocycles. The van der Waals surface area contributed by atoms with Gasteiger partial charge in [-0.05, 0) is 48.4 Å². The number of imide groups is 1. The number of amides is 2. The van der Waals surface area contributed by atoms with Gasteiger partial charge in [0.25, 0.3) is 5.91 Å². The monoisotopic (exact) mass is 402 g/mol. The maximum atomic E-state index is 13.6. The minimum atomic E-state index is -0.938. The summed E-state index contributed by atoms with van der Waals surface area (Å²) < 4.78 is 13.6. The normalized spacial score (nSPS) is 23.2. The zero-order valence-electron chi connectivity index (χ0n) is 16.2. The molecule has 30 heavy (non-hydrogen) atoms. The largest absolute Gasteiger partial charge is 0.273 e. The summed E-state index contributed by atoms with van der Waals surface area (Å²) in [6, 6.07) is 22.0. The number of nitrogens with zero attached hydrogens (tertiary/aromatic N) is 2. The van der Waals surface area contributed by atoms with Gasteiger partial charge in [0, 0.05) is 0 Å². The summed E-state index contributed by atoms with van der Waals surface area (Å²) in [4.78, 5) is 34.0. The Balaban J connectivity index is 1.60. The van der Waals surface area contributed by atoms with Crippen molar-refractivity contribution in [3.8, 4) is 0 Å². The molecule has 0 N–H and O–H groups in total. The Labute approximate surface area is 173 Å². The van der Waals surface area contributed by atoms with Crippen LogP contribution in [0.5, 0.6) is 0 Å². The van der Waals surface area contributed by atoms with Gasteiger partial charge in [-0.15, -0.1) is 0 Å². The average Bonchev–Trinajstić information content (AvgIpc) is 3.26. The van der Waals surface area contributed by atoms with E-state index in [1.165, 1.54) is 17.0 Å². The maximum absolute atomic E-state index is 13.6. The second kappa shape index (κ2) is 7.07. The first-order chi connectivity index (χ1) is 14.6. The van der Waals surface area contributed by atoms with Crippen LogP contribution in [0, 0.1) is 18.7 Å². The third-order valence-electron chi connectivity index (χ3n) is 5.69. The molecule has 0 unspecified atom stereocenters. The molecule has 2 fully saturated rings. The van der Waals surface area contributed by atoms with Gasteiger partial charge in [0.1, 0.15) is 11.7 Å². The summed E-state index contributed by atoms with van der Waals surface area (Å²) >= 11 is 0. The smallest absolute Gasteiger partial charge is 0.266 e. The van der Waals surface area contributed by atoms with Gasteiger partial charge in [0.05, 0.1) is 17.4 Å². The minimum absolute atomic E-state index is 0.313. The van der Waals surface area contributed by atoms with Gasteiger partial charge in [-0.3, -0.25) is 14.4 Å². The van der Waals surface area contributed by atoms with E-state index in [0.717, 1.165) is 11.3 Å². The molecule has 2 amide bonds. The van der Waals surface area contributed by atoms with Crippen molar-refractivity contribution >= 4 is 23.2 Å². The fourth-order valence-corrected chi connectivity index (χ4v) is 4.26. The van der Waals surface area contributed by atoms with E-state index in [1.54, 1.807) is 29.3 Å². The highest BCUT2D eigenvalue weighted by Crippen LogP contribution is 2.47. The van der Waals surface area contributed by atoms with Gasteiger partial charge in [-0.25, -0.2) is 14.4 Å². The first-order valence-electron chi connectivity index (χ1n) is 9.76. The molecule has 0 bridgehead atoms. The van der Waals surface area contributed by atoms with E-state index in [0.29, 0.717) is 11.3 Å². The van der Waals surface area contributed by atoms with Crippen LogP contribution in [0.2, 0.25) is 0 Å². The SMILES string of the molecule is Cc1ccccc1N1C(=O)[C@@H]2[C@@H](ON(c3ccccc3)[C@H]2c2ccc(F)cc2)C1=O. The maximum Gasteiger partial charge on any atom is 0.266 e. The van der Waals surface area contributed by atoms with E-state index in [2.05, 4.69) is 0 Å². The summed E-state index contributed by atoms with van der Waals surface area (Å²) in [6.07, 6.45) is -0.938. The molecule has 2 heterocycles. The second-order valence-electron chi connectivity index (χ2n) is 7.51. The van der Waals surface area contributed by atoms with Crippen molar-refractivity contribution in [1.82, 2.24) is 0 Å². The number of hydrogen-bond donors (Lipinski definition) is 0. The first-order valence-corrected chi connectivity index (χ1v) is 9.76. The van der Waals surface area contributed by atoms with Crippen LogP contribution in [0.25, 0.3) is 0 Å². The van der Waals surface area contributed by atoms with Crippen LogP contribution in [0.3, 0.4) is 0 Å². The van der Waals surface area contributed by atoms with Gasteiger partial charge in [0.2, 0.25) is 5.91 Å². The fourth-order valence-electron chi connectivity index (χ4n) is 4.26. The van der Waals surface area contributed by atoms with Crippen molar-refractivity contribution in [2.45, 2.75) is 19.1 Å². The van der Waals surface area contributed by atoms with Gasteiger partial charge >= 0.3 is 0 Å². The number of hydroxylamine groups is 1. The predicted octanol–water partition coefficient (Wildman–Crippen LogP) is 4.19. The molecule has 2 saturated heterocycles. The molecular weight excluding hydrogens is 383 g/mol. The summed E-state index contributed by atoms with van der Waals surface area (Å²) in [7, 11) is 0. The third-order valence-corrected chi connectivity index (χ3v) is 5.69. The molecule has 2 aliphatic rings. The number of carbonyl (C=O) groups is 2. The molecule has 150 valence electrons. The lowest BCUT2D eigenvalue weighted by Crippen LogP contribution is -2.37. The Bertz CT molecular complexity index is 1120. The fraction of sp³-hybridized carbons (Fsp3) is 0.167. The number of anilines is 2. The summed E-state index contributed by atoms with van der Waals surface area (Å²) in [5.74, 6) is -1.80. The van der Waals surface area contributed by atoms with Gasteiger partial charge in [-0.2, -0.15) is 0 Å². The highest BCUT2D eigenvalue weighted by molar-refractivity contribution is 6.24. The number of rotatable bonds is 3. The Kier molecular flexibility index (Phi) is 4.37. The van der Waals surface area contributed by atoms with Gasteiger partial charge in [-0.1, -0.05) is 48.5 Å². The lowest BCUT2D eigenvalue weighted by atomic mass is 9.90. The van der Waals surface area contributed by atoms with Crippen LogP contribution < -0.4 is 9.96 Å². The number of carbonyl (C=O) groups excluding carboxylic acids is 2. The van der Waals surface area contributed by atoms with Crippen LogP contribution in [0.15, 0.2) is 78.9 Å². The zero-order chi connectivity index (χ0) is 20.8. The lowest BCUT2D eigenvalue weighted by molar-refractivity contribution is -0.126. The molecular formula is C24H19FN2O3. The third kappa shape index (κ3) is 2.80. The molecule has 3 aromatic carbocycles. The lowest BCUT2D eigenvalue weighted by Gasteiger charge is -2.29. The van der Waals surface area contributed by atoms with Crippen LogP contribution in [0.4, 0.5) is 15.8 Å². The Hall–Kier alpha value is -3.51. The Morgan fingerprint density at radius 1 is 0.833 bits per heavy atom. The molecule has 2 aliphatic heterocycles. The zero-order valence-corrected chi connectivity index (χ0v) is 16.2. The van der Waals surface area contributed by atoms with Crippen LogP contribution in [0.1, 0.15) is 17.2 Å². The number of para-hydroxylation sites is 2. The van der Waals surface area contributed by atoms with E-state index in [-0.39, 0.29) is 17.6 Å². The van der Waals surface area contributed by atoms with E-state index >= 15 is 0 Å². The molecule has 0 aromatic heterocycles. The average molecular weight is 402 g/mol. The van der Waals surface area contributed by atoms with Crippen LogP contribution in [-0.2, 0) is 14.4 Å². The number of aryl methyl sites for hydroxylation is 1. The number of benzene rings is 3. The van der Waals surface area contributed by atoms with E-state index in [9.17, 15) is 14.0 Å². The molecule has 3 atom stereocenters. The van der Waals surface area contributed by atoms with E-state index < -0.39 is 18.1 Å². The van der Waals surface area contributed by atoms with Crippen molar-refractivity contribution in [2.75, 3.05) is 9.96 Å².